The molecule has 1 amide bonds. The summed E-state index contributed by atoms with van der Waals surface area (Å²) in [6.45, 7) is 1.81. The zero-order valence-electron chi connectivity index (χ0n) is 15.5. The molecule has 27 heavy (non-hydrogen) atoms. The van der Waals surface area contributed by atoms with E-state index >= 15 is 0 Å². The zero-order valence-corrected chi connectivity index (χ0v) is 15.5. The second-order valence-corrected chi connectivity index (χ2v) is 6.19. The van der Waals surface area contributed by atoms with E-state index < -0.39 is 0 Å². The average Bonchev–Trinajstić information content (AvgIpc) is 3.24. The summed E-state index contributed by atoms with van der Waals surface area (Å²) in [6.07, 6.45) is 2.12. The van der Waals surface area contributed by atoms with Gasteiger partial charge < -0.3 is 24.8 Å². The van der Waals surface area contributed by atoms with Crippen molar-refractivity contribution in [1.29, 1.82) is 0 Å². The fourth-order valence-corrected chi connectivity index (χ4v) is 2.83. The van der Waals surface area contributed by atoms with Gasteiger partial charge in [0, 0.05) is 19.7 Å². The van der Waals surface area contributed by atoms with Crippen LogP contribution in [0.4, 0.5) is 5.82 Å². The van der Waals surface area contributed by atoms with E-state index in [1.54, 1.807) is 26.4 Å². The third-order valence-corrected chi connectivity index (χ3v) is 4.33. The van der Waals surface area contributed by atoms with Crippen molar-refractivity contribution < 1.29 is 19.0 Å². The van der Waals surface area contributed by atoms with Gasteiger partial charge >= 0.3 is 0 Å². The van der Waals surface area contributed by atoms with Crippen LogP contribution in [0.3, 0.4) is 0 Å². The van der Waals surface area contributed by atoms with Crippen LogP contribution in [0.2, 0.25) is 0 Å². The number of anilines is 1. The van der Waals surface area contributed by atoms with Gasteiger partial charge in [-0.2, -0.15) is 0 Å². The molecule has 2 aromatic rings. The highest BCUT2D eigenvalue weighted by molar-refractivity contribution is 5.92. The number of ether oxygens (including phenoxy) is 3. The van der Waals surface area contributed by atoms with E-state index in [2.05, 4.69) is 20.8 Å². The lowest BCUT2D eigenvalue weighted by Crippen LogP contribution is -2.32. The van der Waals surface area contributed by atoms with E-state index in [9.17, 15) is 4.79 Å². The molecule has 0 radical (unpaired) electrons. The first kappa shape index (κ1) is 18.9. The maximum atomic E-state index is 12.1. The molecule has 1 aromatic carbocycles. The van der Waals surface area contributed by atoms with Crippen LogP contribution in [-0.4, -0.2) is 49.6 Å². The highest BCUT2D eigenvalue weighted by Crippen LogP contribution is 2.27. The molecule has 1 aliphatic rings. The van der Waals surface area contributed by atoms with Crippen molar-refractivity contribution in [2.45, 2.75) is 25.5 Å². The predicted octanol–water partition coefficient (Wildman–Crippen LogP) is 2.01. The summed E-state index contributed by atoms with van der Waals surface area (Å²) in [5, 5.41) is 14.0. The van der Waals surface area contributed by atoms with E-state index in [0.717, 1.165) is 25.0 Å². The summed E-state index contributed by atoms with van der Waals surface area (Å²) >= 11 is 0. The Bertz CT molecular complexity index is 761. The number of benzene rings is 1. The summed E-state index contributed by atoms with van der Waals surface area (Å²) in [5.74, 6) is 1.69. The van der Waals surface area contributed by atoms with Gasteiger partial charge in [0.1, 0.15) is 5.82 Å². The van der Waals surface area contributed by atoms with E-state index in [-0.39, 0.29) is 17.7 Å². The van der Waals surface area contributed by atoms with Gasteiger partial charge in [-0.3, -0.25) is 4.79 Å². The molecular formula is C19H24N4O4. The molecule has 144 valence electrons. The Kier molecular flexibility index (Phi) is 6.43. The Morgan fingerprint density at radius 2 is 2.04 bits per heavy atom. The van der Waals surface area contributed by atoms with Gasteiger partial charge in [-0.25, -0.2) is 0 Å². The number of methoxy groups -OCH3 is 2. The fraction of sp³-hybridized carbons (Fsp3) is 0.421. The molecular weight excluding hydrogens is 348 g/mol. The lowest BCUT2D eigenvalue weighted by Gasteiger charge is -2.11. The maximum Gasteiger partial charge on any atom is 0.271 e. The smallest absolute Gasteiger partial charge is 0.271 e. The van der Waals surface area contributed by atoms with Crippen LogP contribution >= 0.6 is 0 Å². The van der Waals surface area contributed by atoms with Crippen LogP contribution < -0.4 is 20.1 Å². The monoisotopic (exact) mass is 372 g/mol. The number of nitrogens with one attached hydrogen (secondary N) is 2. The van der Waals surface area contributed by atoms with E-state index in [4.69, 9.17) is 14.2 Å². The molecule has 1 aromatic heterocycles. The Balaban J connectivity index is 1.52. The molecule has 8 heteroatoms. The Morgan fingerprint density at radius 3 is 2.70 bits per heavy atom. The first-order chi connectivity index (χ1) is 13.2. The fourth-order valence-electron chi connectivity index (χ4n) is 2.83. The van der Waals surface area contributed by atoms with E-state index in [1.807, 2.05) is 18.2 Å². The van der Waals surface area contributed by atoms with Crippen molar-refractivity contribution in [1.82, 2.24) is 15.5 Å². The van der Waals surface area contributed by atoms with Crippen molar-refractivity contribution in [2.75, 3.05) is 32.7 Å². The highest BCUT2D eigenvalue weighted by Gasteiger charge is 2.17. The molecule has 2 heterocycles. The molecule has 1 unspecified atom stereocenters. The summed E-state index contributed by atoms with van der Waals surface area (Å²) < 4.78 is 16.0. The SMILES string of the molecule is COc1ccc(CNc2ccc(C(=O)NCC3CCCO3)nn2)cc1OC. The minimum atomic E-state index is -0.246. The summed E-state index contributed by atoms with van der Waals surface area (Å²) in [4.78, 5) is 12.1. The lowest BCUT2D eigenvalue weighted by atomic mass is 10.2. The van der Waals surface area contributed by atoms with Crippen LogP contribution in [0.25, 0.3) is 0 Å². The number of amides is 1. The Morgan fingerprint density at radius 1 is 1.19 bits per heavy atom. The summed E-state index contributed by atoms with van der Waals surface area (Å²) in [6, 6.07) is 9.06. The molecule has 1 fully saturated rings. The van der Waals surface area contributed by atoms with Crippen molar-refractivity contribution >= 4 is 11.7 Å². The topological polar surface area (TPSA) is 94.6 Å². The number of carbonyl (C=O) groups is 1. The van der Waals surface area contributed by atoms with Gasteiger partial charge in [0.2, 0.25) is 0 Å². The largest absolute Gasteiger partial charge is 0.493 e. The molecule has 0 bridgehead atoms. The van der Waals surface area contributed by atoms with Crippen LogP contribution in [0.1, 0.15) is 28.9 Å². The quantitative estimate of drug-likeness (QED) is 0.732. The normalized spacial score (nSPS) is 16.0. The van der Waals surface area contributed by atoms with Crippen LogP contribution in [0.5, 0.6) is 11.5 Å². The van der Waals surface area contributed by atoms with Crippen LogP contribution in [-0.2, 0) is 11.3 Å². The van der Waals surface area contributed by atoms with Gasteiger partial charge in [0.05, 0.1) is 20.3 Å². The van der Waals surface area contributed by atoms with E-state index in [1.165, 1.54) is 0 Å². The highest BCUT2D eigenvalue weighted by atomic mass is 16.5. The Hall–Kier alpha value is -2.87. The standard InChI is InChI=1S/C19H24N4O4/c1-25-16-7-5-13(10-17(16)26-2)11-20-18-8-6-15(22-23-18)19(24)21-12-14-4-3-9-27-14/h5-8,10,14H,3-4,9,11-12H2,1-2H3,(H,20,23)(H,21,24). The Labute approximate surface area is 158 Å². The number of aromatic nitrogens is 2. The molecule has 0 saturated carbocycles. The average molecular weight is 372 g/mol. The molecule has 8 nitrogen and oxygen atoms in total. The van der Waals surface area contributed by atoms with Gasteiger partial charge in [-0.1, -0.05) is 6.07 Å². The van der Waals surface area contributed by atoms with E-state index in [0.29, 0.717) is 30.4 Å². The van der Waals surface area contributed by atoms with Crippen molar-refractivity contribution in [2.24, 2.45) is 0 Å². The molecule has 1 saturated heterocycles. The van der Waals surface area contributed by atoms with Crippen molar-refractivity contribution in [3.8, 4) is 11.5 Å². The molecule has 2 N–H and O–H groups in total. The number of carbonyl (C=O) groups excluding carboxylic acids is 1. The second kappa shape index (κ2) is 9.18. The summed E-state index contributed by atoms with van der Waals surface area (Å²) in [7, 11) is 3.20. The molecule has 0 spiro atoms. The first-order valence-electron chi connectivity index (χ1n) is 8.88. The van der Waals surface area contributed by atoms with Crippen LogP contribution in [0, 0.1) is 0 Å². The number of hydrogen-bond donors (Lipinski definition) is 2. The van der Waals surface area contributed by atoms with Crippen molar-refractivity contribution in [3.63, 3.8) is 0 Å². The van der Waals surface area contributed by atoms with Gasteiger partial charge in [-0.05, 0) is 42.7 Å². The van der Waals surface area contributed by atoms with Crippen molar-refractivity contribution in [3.05, 3.63) is 41.6 Å². The molecule has 0 aliphatic carbocycles. The maximum absolute atomic E-state index is 12.1. The first-order valence-corrected chi connectivity index (χ1v) is 8.88. The third-order valence-electron chi connectivity index (χ3n) is 4.33. The van der Waals surface area contributed by atoms with Gasteiger partial charge in [0.25, 0.3) is 5.91 Å². The van der Waals surface area contributed by atoms with Crippen LogP contribution in [0.15, 0.2) is 30.3 Å². The molecule has 1 atom stereocenters. The van der Waals surface area contributed by atoms with Gasteiger partial charge in [0.15, 0.2) is 17.2 Å². The number of nitrogens with zero attached hydrogens (tertiary/aromatic N) is 2. The number of rotatable bonds is 8. The number of hydrogen-bond acceptors (Lipinski definition) is 7. The minimum absolute atomic E-state index is 0.101. The second-order valence-electron chi connectivity index (χ2n) is 6.19. The third kappa shape index (κ3) is 5.07. The molecule has 1 aliphatic heterocycles. The summed E-state index contributed by atoms with van der Waals surface area (Å²) in [5.41, 5.74) is 1.29. The predicted molar refractivity (Wildman–Crippen MR) is 100 cm³/mol. The molecule has 3 rings (SSSR count). The minimum Gasteiger partial charge on any atom is -0.493 e. The lowest BCUT2D eigenvalue weighted by molar-refractivity contribution is 0.0853. The zero-order chi connectivity index (χ0) is 19.1. The van der Waals surface area contributed by atoms with Gasteiger partial charge in [-0.15, -0.1) is 10.2 Å².